The summed E-state index contributed by atoms with van der Waals surface area (Å²) in [5.74, 6) is 0.563. The Balaban J connectivity index is 2.02. The molecular weight excluding hydrogens is 298 g/mol. The summed E-state index contributed by atoms with van der Waals surface area (Å²) in [4.78, 5) is 12.0. The summed E-state index contributed by atoms with van der Waals surface area (Å²) in [6.45, 7) is 1.92. The van der Waals surface area contributed by atoms with Crippen molar-refractivity contribution in [2.75, 3.05) is 7.11 Å². The lowest BCUT2D eigenvalue weighted by molar-refractivity contribution is -0.117. The monoisotopic (exact) mass is 315 g/mol. The van der Waals surface area contributed by atoms with Crippen molar-refractivity contribution in [1.82, 2.24) is 5.32 Å². The number of para-hydroxylation sites is 1. The van der Waals surface area contributed by atoms with E-state index in [4.69, 9.17) is 16.3 Å². The SMILES string of the molecule is COc1ccccc1/C=C/C(=O)N[C@H](C)c1cccc(Cl)c1. The van der Waals surface area contributed by atoms with Crippen LogP contribution in [0.3, 0.4) is 0 Å². The zero-order valence-electron chi connectivity index (χ0n) is 12.5. The minimum atomic E-state index is -0.168. The second-order valence-electron chi connectivity index (χ2n) is 4.86. The maximum Gasteiger partial charge on any atom is 0.244 e. The van der Waals surface area contributed by atoms with Gasteiger partial charge in [0.15, 0.2) is 0 Å². The number of nitrogens with one attached hydrogen (secondary N) is 1. The Morgan fingerprint density at radius 2 is 2.00 bits per heavy atom. The fourth-order valence-corrected chi connectivity index (χ4v) is 2.29. The Labute approximate surface area is 135 Å². The van der Waals surface area contributed by atoms with Gasteiger partial charge in [0.25, 0.3) is 0 Å². The summed E-state index contributed by atoms with van der Waals surface area (Å²) in [6, 6.07) is 14.9. The Morgan fingerprint density at radius 1 is 1.23 bits per heavy atom. The molecule has 22 heavy (non-hydrogen) atoms. The van der Waals surface area contributed by atoms with Crippen LogP contribution in [0.2, 0.25) is 5.02 Å². The quantitative estimate of drug-likeness (QED) is 0.838. The number of benzene rings is 2. The molecule has 0 aromatic heterocycles. The van der Waals surface area contributed by atoms with E-state index in [0.29, 0.717) is 5.02 Å². The second-order valence-corrected chi connectivity index (χ2v) is 5.30. The molecule has 0 saturated carbocycles. The van der Waals surface area contributed by atoms with Gasteiger partial charge in [-0.2, -0.15) is 0 Å². The van der Waals surface area contributed by atoms with Crippen molar-refractivity contribution in [3.8, 4) is 5.75 Å². The molecule has 1 atom stereocenters. The van der Waals surface area contributed by atoms with Crippen LogP contribution in [-0.4, -0.2) is 13.0 Å². The van der Waals surface area contributed by atoms with Crippen LogP contribution in [0.15, 0.2) is 54.6 Å². The van der Waals surface area contributed by atoms with E-state index in [9.17, 15) is 4.79 Å². The smallest absolute Gasteiger partial charge is 0.244 e. The van der Waals surface area contributed by atoms with Gasteiger partial charge in [-0.3, -0.25) is 4.79 Å². The lowest BCUT2D eigenvalue weighted by Crippen LogP contribution is -2.24. The largest absolute Gasteiger partial charge is 0.496 e. The first-order valence-corrected chi connectivity index (χ1v) is 7.35. The maximum absolute atomic E-state index is 12.0. The van der Waals surface area contributed by atoms with Crippen LogP contribution in [0, 0.1) is 0 Å². The third-order valence-corrected chi connectivity index (χ3v) is 3.50. The van der Waals surface area contributed by atoms with E-state index >= 15 is 0 Å². The maximum atomic E-state index is 12.0. The number of methoxy groups -OCH3 is 1. The van der Waals surface area contributed by atoms with Crippen molar-refractivity contribution in [2.24, 2.45) is 0 Å². The van der Waals surface area contributed by atoms with Crippen molar-refractivity contribution >= 4 is 23.6 Å². The molecule has 0 unspecified atom stereocenters. The summed E-state index contributed by atoms with van der Waals surface area (Å²) in [5.41, 5.74) is 1.82. The van der Waals surface area contributed by atoms with E-state index in [2.05, 4.69) is 5.32 Å². The molecular formula is C18H18ClNO2. The van der Waals surface area contributed by atoms with Gasteiger partial charge >= 0.3 is 0 Å². The van der Waals surface area contributed by atoms with Gasteiger partial charge in [0.1, 0.15) is 5.75 Å². The van der Waals surface area contributed by atoms with Gasteiger partial charge in [-0.05, 0) is 36.8 Å². The van der Waals surface area contributed by atoms with Crippen molar-refractivity contribution in [3.05, 3.63) is 70.8 Å². The Hall–Kier alpha value is -2.26. The predicted molar refractivity (Wildman–Crippen MR) is 90.0 cm³/mol. The zero-order chi connectivity index (χ0) is 15.9. The molecule has 2 aromatic rings. The average Bonchev–Trinajstić information content (AvgIpc) is 2.53. The molecule has 0 bridgehead atoms. The molecule has 0 fully saturated rings. The van der Waals surface area contributed by atoms with Crippen LogP contribution in [-0.2, 0) is 4.79 Å². The number of carbonyl (C=O) groups excluding carboxylic acids is 1. The van der Waals surface area contributed by atoms with Gasteiger partial charge in [-0.25, -0.2) is 0 Å². The van der Waals surface area contributed by atoms with Gasteiger partial charge in [-0.15, -0.1) is 0 Å². The third kappa shape index (κ3) is 4.37. The van der Waals surface area contributed by atoms with Gasteiger partial charge in [0.2, 0.25) is 5.91 Å². The van der Waals surface area contributed by atoms with Crippen LogP contribution >= 0.6 is 11.6 Å². The molecule has 0 aliphatic carbocycles. The summed E-state index contributed by atoms with van der Waals surface area (Å²) in [5, 5.41) is 3.56. The number of ether oxygens (including phenoxy) is 1. The number of hydrogen-bond donors (Lipinski definition) is 1. The Bertz CT molecular complexity index is 682. The van der Waals surface area contributed by atoms with Crippen molar-refractivity contribution in [2.45, 2.75) is 13.0 Å². The Morgan fingerprint density at radius 3 is 2.73 bits per heavy atom. The van der Waals surface area contributed by atoms with Crippen LogP contribution in [0.5, 0.6) is 5.75 Å². The van der Waals surface area contributed by atoms with Crippen LogP contribution in [0.4, 0.5) is 0 Å². The minimum Gasteiger partial charge on any atom is -0.496 e. The molecule has 0 spiro atoms. The van der Waals surface area contributed by atoms with Gasteiger partial charge in [-0.1, -0.05) is 41.9 Å². The molecule has 4 heteroatoms. The van der Waals surface area contributed by atoms with Crippen LogP contribution in [0.1, 0.15) is 24.1 Å². The number of rotatable bonds is 5. The zero-order valence-corrected chi connectivity index (χ0v) is 13.3. The van der Waals surface area contributed by atoms with E-state index in [0.717, 1.165) is 16.9 Å². The first kappa shape index (κ1) is 16.1. The molecule has 0 radical (unpaired) electrons. The summed E-state index contributed by atoms with van der Waals surface area (Å²) < 4.78 is 5.24. The lowest BCUT2D eigenvalue weighted by atomic mass is 10.1. The highest BCUT2D eigenvalue weighted by molar-refractivity contribution is 6.30. The number of carbonyl (C=O) groups is 1. The Kier molecular flexibility index (Phi) is 5.61. The minimum absolute atomic E-state index is 0.117. The first-order chi connectivity index (χ1) is 10.6. The summed E-state index contributed by atoms with van der Waals surface area (Å²) in [6.07, 6.45) is 3.23. The first-order valence-electron chi connectivity index (χ1n) is 6.97. The topological polar surface area (TPSA) is 38.3 Å². The molecule has 114 valence electrons. The van der Waals surface area contributed by atoms with Gasteiger partial charge in [0.05, 0.1) is 13.2 Å². The molecule has 0 heterocycles. The average molecular weight is 316 g/mol. The van der Waals surface area contributed by atoms with E-state index in [-0.39, 0.29) is 11.9 Å². The van der Waals surface area contributed by atoms with E-state index in [1.807, 2.05) is 49.4 Å². The molecule has 0 aliphatic heterocycles. The van der Waals surface area contributed by atoms with Crippen molar-refractivity contribution in [3.63, 3.8) is 0 Å². The summed E-state index contributed by atoms with van der Waals surface area (Å²) >= 11 is 5.96. The van der Waals surface area contributed by atoms with Crippen LogP contribution in [0.25, 0.3) is 6.08 Å². The van der Waals surface area contributed by atoms with E-state index in [1.54, 1.807) is 19.3 Å². The van der Waals surface area contributed by atoms with E-state index < -0.39 is 0 Å². The summed E-state index contributed by atoms with van der Waals surface area (Å²) in [7, 11) is 1.61. The molecule has 0 aliphatic rings. The molecule has 1 N–H and O–H groups in total. The van der Waals surface area contributed by atoms with Gasteiger partial charge in [0, 0.05) is 16.7 Å². The van der Waals surface area contributed by atoms with Gasteiger partial charge < -0.3 is 10.1 Å². The molecule has 1 amide bonds. The normalized spacial score (nSPS) is 12.1. The molecule has 2 aromatic carbocycles. The molecule has 2 rings (SSSR count). The molecule has 3 nitrogen and oxygen atoms in total. The lowest BCUT2D eigenvalue weighted by Gasteiger charge is -2.13. The fourth-order valence-electron chi connectivity index (χ4n) is 2.09. The highest BCUT2D eigenvalue weighted by Crippen LogP contribution is 2.19. The van der Waals surface area contributed by atoms with Crippen molar-refractivity contribution in [1.29, 1.82) is 0 Å². The van der Waals surface area contributed by atoms with Crippen LogP contribution < -0.4 is 10.1 Å². The number of amides is 1. The van der Waals surface area contributed by atoms with E-state index in [1.165, 1.54) is 6.08 Å². The number of hydrogen-bond acceptors (Lipinski definition) is 2. The standard InChI is InChI=1S/C18H18ClNO2/c1-13(15-7-5-8-16(19)12-15)20-18(21)11-10-14-6-3-4-9-17(14)22-2/h3-13H,1-2H3,(H,20,21)/b11-10+/t13-/m1/s1. The fraction of sp³-hybridized carbons (Fsp3) is 0.167. The third-order valence-electron chi connectivity index (χ3n) is 3.26. The predicted octanol–water partition coefficient (Wildman–Crippen LogP) is 4.24. The second kappa shape index (κ2) is 7.66. The number of halogens is 1. The highest BCUT2D eigenvalue weighted by Gasteiger charge is 2.08. The molecule has 0 saturated heterocycles. The highest BCUT2D eigenvalue weighted by atomic mass is 35.5. The van der Waals surface area contributed by atoms with Crippen molar-refractivity contribution < 1.29 is 9.53 Å².